The molecule has 0 bridgehead atoms. The van der Waals surface area contributed by atoms with Crippen LogP contribution in [0.2, 0.25) is 0 Å². The Bertz CT molecular complexity index is 2950. The third-order valence-corrected chi connectivity index (χ3v) is 11.2. The van der Waals surface area contributed by atoms with Crippen LogP contribution < -0.4 is 32.2 Å². The molecule has 4 amide bonds. The van der Waals surface area contributed by atoms with Crippen LogP contribution in [-0.2, 0) is 45.0 Å². The fourth-order valence-electron chi connectivity index (χ4n) is 8.05. The van der Waals surface area contributed by atoms with Crippen LogP contribution in [0.4, 0.5) is 0 Å². The number of aryl methyl sites for hydroxylation is 6. The van der Waals surface area contributed by atoms with Gasteiger partial charge in [0.2, 0.25) is 23.1 Å². The zero-order valence-corrected chi connectivity index (χ0v) is 37.3. The first-order chi connectivity index (χ1) is 30.7. The first-order valence-corrected chi connectivity index (χ1v) is 21.2. The monoisotopic (exact) mass is 877 g/mol. The van der Waals surface area contributed by atoms with E-state index in [0.29, 0.717) is 95.7 Å². The summed E-state index contributed by atoms with van der Waals surface area (Å²) in [6.07, 6.45) is 4.50. The molecule has 0 spiro atoms. The van der Waals surface area contributed by atoms with E-state index in [1.54, 1.807) is 69.0 Å². The summed E-state index contributed by atoms with van der Waals surface area (Å²) in [4.78, 5) is 64.4. The van der Waals surface area contributed by atoms with Gasteiger partial charge < -0.3 is 43.9 Å². The number of nitrogens with two attached hydrogens (primary N) is 2. The van der Waals surface area contributed by atoms with E-state index in [9.17, 15) is 19.2 Å². The lowest BCUT2D eigenvalue weighted by Crippen LogP contribution is -2.37. The minimum Gasteiger partial charge on any atom is -0.494 e. The number of benzene rings is 2. The molecule has 20 heteroatoms. The lowest BCUT2D eigenvalue weighted by atomic mass is 10.1. The molecule has 20 nitrogen and oxygen atoms in total. The Morgan fingerprint density at radius 3 is 1.66 bits per heavy atom. The molecule has 0 unspecified atom stereocenters. The maximum atomic E-state index is 14.0. The van der Waals surface area contributed by atoms with E-state index in [1.807, 2.05) is 49.0 Å². The van der Waals surface area contributed by atoms with Crippen molar-refractivity contribution in [1.82, 2.24) is 42.7 Å². The van der Waals surface area contributed by atoms with Gasteiger partial charge in [-0.15, -0.1) is 0 Å². The van der Waals surface area contributed by atoms with Gasteiger partial charge in [0.05, 0.1) is 49.4 Å². The molecular weight excluding hydrogens is 823 g/mol. The molecule has 338 valence electrons. The molecule has 1 fully saturated rings. The minimum absolute atomic E-state index is 0.185. The number of allylic oxidation sites excluding steroid dienone is 2. The molecule has 4 N–H and O–H groups in total. The van der Waals surface area contributed by atoms with Gasteiger partial charge in [0.1, 0.15) is 33.9 Å². The fraction of sp³-hybridized carbons (Fsp3) is 0.409. The molecule has 1 aliphatic heterocycles. The number of nitrogens with zero attached hydrogens (tertiary/aromatic N) is 11. The predicted octanol–water partition coefficient (Wildman–Crippen LogP) is 2.37. The van der Waals surface area contributed by atoms with E-state index in [2.05, 4.69) is 25.1 Å². The van der Waals surface area contributed by atoms with Crippen molar-refractivity contribution in [2.75, 3.05) is 46.6 Å². The molecule has 5 heterocycles. The van der Waals surface area contributed by atoms with Crippen LogP contribution >= 0.6 is 0 Å². The number of carbonyl (C=O) groups is 4. The first-order valence-electron chi connectivity index (χ1n) is 21.2. The molecule has 1 aliphatic rings. The molecule has 0 atom stereocenters. The first kappa shape index (κ1) is 45.0. The van der Waals surface area contributed by atoms with Gasteiger partial charge in [-0.1, -0.05) is 12.2 Å². The van der Waals surface area contributed by atoms with Crippen LogP contribution in [0.5, 0.6) is 11.5 Å². The minimum atomic E-state index is -0.644. The van der Waals surface area contributed by atoms with Crippen LogP contribution in [0.25, 0.3) is 22.1 Å². The second-order valence-corrected chi connectivity index (χ2v) is 15.5. The van der Waals surface area contributed by atoms with Crippen molar-refractivity contribution in [3.63, 3.8) is 0 Å². The number of methoxy groups -OCH3 is 1. The molecule has 0 aliphatic carbocycles. The molecule has 0 saturated carbocycles. The summed E-state index contributed by atoms with van der Waals surface area (Å²) in [6, 6.07) is 9.86. The smallest absolute Gasteiger partial charge is 0.298 e. The summed E-state index contributed by atoms with van der Waals surface area (Å²) >= 11 is 0. The summed E-state index contributed by atoms with van der Waals surface area (Å²) in [5.41, 5.74) is 16.9. The summed E-state index contributed by atoms with van der Waals surface area (Å²) < 4.78 is 28.0. The number of fused-ring (bicyclic) bond motifs is 2. The van der Waals surface area contributed by atoms with E-state index in [0.717, 1.165) is 19.6 Å². The molecular formula is C44H55N13O7. The number of imidazole rings is 2. The van der Waals surface area contributed by atoms with Crippen LogP contribution in [-0.4, -0.2) is 113 Å². The maximum Gasteiger partial charge on any atom is 0.298 e. The number of morpholine rings is 1. The average molecular weight is 878 g/mol. The Balaban J connectivity index is 1.34. The van der Waals surface area contributed by atoms with Crippen LogP contribution in [0, 0.1) is 13.8 Å². The van der Waals surface area contributed by atoms with Gasteiger partial charge in [-0.25, -0.2) is 0 Å². The molecule has 64 heavy (non-hydrogen) atoms. The number of rotatable bonds is 16. The normalized spacial score (nSPS) is 14.1. The summed E-state index contributed by atoms with van der Waals surface area (Å²) in [5.74, 6) is -1.53. The van der Waals surface area contributed by atoms with Crippen molar-refractivity contribution in [3.05, 3.63) is 93.7 Å². The SMILES string of the molecule is CCn1nc(C)cc1C(=O)N=c1n(C)c2cc(C(N)=O)cc(OC)c2n1C/C=C/Cn1c(=NC(=O)c2cc(C)nn2CC)n(C)c2cc(C(N)=O)cc(OCCCN3CCOCC3)c21. The highest BCUT2D eigenvalue weighted by Gasteiger charge is 2.22. The Kier molecular flexibility index (Phi) is 13.4. The highest BCUT2D eigenvalue weighted by atomic mass is 16.5. The maximum absolute atomic E-state index is 14.0. The molecule has 1 saturated heterocycles. The van der Waals surface area contributed by atoms with Crippen LogP contribution in [0.1, 0.15) is 73.3 Å². The van der Waals surface area contributed by atoms with E-state index in [1.165, 1.54) is 7.11 Å². The molecule has 7 rings (SSSR count). The van der Waals surface area contributed by atoms with Crippen molar-refractivity contribution in [1.29, 1.82) is 0 Å². The number of carbonyl (C=O) groups excluding carboxylic acids is 4. The van der Waals surface area contributed by atoms with Crippen molar-refractivity contribution in [2.24, 2.45) is 35.5 Å². The molecule has 2 aromatic carbocycles. The van der Waals surface area contributed by atoms with Crippen LogP contribution in [0.15, 0.2) is 58.5 Å². The van der Waals surface area contributed by atoms with E-state index in [-0.39, 0.29) is 35.5 Å². The van der Waals surface area contributed by atoms with Crippen molar-refractivity contribution >= 4 is 45.7 Å². The summed E-state index contributed by atoms with van der Waals surface area (Å²) in [6.45, 7) is 12.9. The summed E-state index contributed by atoms with van der Waals surface area (Å²) in [7, 11) is 4.99. The number of primary amides is 2. The second kappa shape index (κ2) is 19.1. The quantitative estimate of drug-likeness (QED) is 0.107. The molecule has 4 aromatic heterocycles. The predicted molar refractivity (Wildman–Crippen MR) is 237 cm³/mol. The highest BCUT2D eigenvalue weighted by molar-refractivity contribution is 6.00. The number of hydrogen-bond acceptors (Lipinski definition) is 10. The topological polar surface area (TPSA) is 231 Å². The average Bonchev–Trinajstić information content (AvgIpc) is 4.01. The van der Waals surface area contributed by atoms with Gasteiger partial charge in [0, 0.05) is 71.0 Å². The number of amides is 4. The number of aromatic nitrogens is 8. The van der Waals surface area contributed by atoms with E-state index >= 15 is 0 Å². The highest BCUT2D eigenvalue weighted by Crippen LogP contribution is 2.29. The Labute approximate surface area is 368 Å². The third-order valence-electron chi connectivity index (χ3n) is 11.2. The molecule has 0 radical (unpaired) electrons. The summed E-state index contributed by atoms with van der Waals surface area (Å²) in [5, 5.41) is 8.88. The zero-order chi connectivity index (χ0) is 45.8. The second-order valence-electron chi connectivity index (χ2n) is 15.5. The largest absolute Gasteiger partial charge is 0.494 e. The van der Waals surface area contributed by atoms with E-state index in [4.69, 9.17) is 25.7 Å². The molecule has 6 aromatic rings. The lowest BCUT2D eigenvalue weighted by molar-refractivity contribution is 0.0358. The lowest BCUT2D eigenvalue weighted by Gasteiger charge is -2.26. The van der Waals surface area contributed by atoms with Gasteiger partial charge in [-0.2, -0.15) is 20.2 Å². The number of ether oxygens (including phenoxy) is 3. The Morgan fingerprint density at radius 1 is 0.734 bits per heavy atom. The van der Waals surface area contributed by atoms with Gasteiger partial charge in [-0.05, 0) is 70.5 Å². The fourth-order valence-corrected chi connectivity index (χ4v) is 8.05. The Hall–Kier alpha value is -7.06. The zero-order valence-electron chi connectivity index (χ0n) is 37.3. The van der Waals surface area contributed by atoms with Crippen molar-refractivity contribution in [3.8, 4) is 11.5 Å². The van der Waals surface area contributed by atoms with Gasteiger partial charge in [-0.3, -0.25) is 33.4 Å². The number of hydrogen-bond donors (Lipinski definition) is 2. The van der Waals surface area contributed by atoms with E-state index < -0.39 is 23.6 Å². The van der Waals surface area contributed by atoms with Gasteiger partial charge in [0.15, 0.2) is 0 Å². The van der Waals surface area contributed by atoms with Crippen molar-refractivity contribution < 1.29 is 33.4 Å². The third kappa shape index (κ3) is 9.04. The van der Waals surface area contributed by atoms with Crippen LogP contribution in [0.3, 0.4) is 0 Å². The van der Waals surface area contributed by atoms with Gasteiger partial charge >= 0.3 is 0 Å². The van der Waals surface area contributed by atoms with Crippen molar-refractivity contribution in [2.45, 2.75) is 60.3 Å². The standard InChI is InChI=1S/C44H55N13O7/c1-8-56-33(21-27(3)49-56)41(60)47-43-51(5)31-23-29(39(45)58)25-35(62-7)37(31)54(43)14-10-11-15-55-38-32(52(6)44(55)48-42(61)34-22-28(4)50-57(34)9-2)24-30(40(46)59)26-36(38)64-18-12-13-53-16-19-63-20-17-53/h10-11,21-26H,8-9,12-20H2,1-7H3,(H2,45,58)(H2,46,59)/b11-10+,47-43?,48-44?. The van der Waals surface area contributed by atoms with Gasteiger partial charge in [0.25, 0.3) is 11.8 Å². The Morgan fingerprint density at radius 2 is 1.20 bits per heavy atom.